The van der Waals surface area contributed by atoms with E-state index in [2.05, 4.69) is 10.6 Å². The molecule has 0 bridgehead atoms. The first-order chi connectivity index (χ1) is 8.68. The maximum Gasteiger partial charge on any atom is 0.326 e. The molecule has 0 fully saturated rings. The number of carboxylic acids is 1. The number of carbonyl (C=O) groups excluding carboxylic acids is 2. The van der Waals surface area contributed by atoms with Crippen LogP contribution in [-0.4, -0.2) is 46.6 Å². The van der Waals surface area contributed by atoms with Gasteiger partial charge in [-0.1, -0.05) is 0 Å². The Hall–Kier alpha value is -1.44. The van der Waals surface area contributed by atoms with E-state index < -0.39 is 23.9 Å². The van der Waals surface area contributed by atoms with E-state index in [-0.39, 0.29) is 17.6 Å². The van der Waals surface area contributed by atoms with Crippen molar-refractivity contribution >= 4 is 29.7 Å². The number of thioether (sulfide) groups is 1. The van der Waals surface area contributed by atoms with E-state index in [1.165, 1.54) is 0 Å². The molecule has 8 heteroatoms. The molecule has 0 saturated carbocycles. The predicted octanol–water partition coefficient (Wildman–Crippen LogP) is 0.146. The van der Waals surface area contributed by atoms with Gasteiger partial charge in [-0.05, 0) is 26.5 Å². The molecule has 0 aliphatic rings. The van der Waals surface area contributed by atoms with Crippen LogP contribution >= 0.6 is 11.8 Å². The fraction of sp³-hybridized carbons (Fsp3) is 0.727. The lowest BCUT2D eigenvalue weighted by molar-refractivity contribution is -0.139. The average Bonchev–Trinajstić information content (AvgIpc) is 2.31. The molecule has 0 aromatic heterocycles. The second-order valence-corrected chi connectivity index (χ2v) is 6.20. The number of hydrogen-bond acceptors (Lipinski definition) is 4. The summed E-state index contributed by atoms with van der Waals surface area (Å²) in [6, 6.07) is -1.69. The quantitative estimate of drug-likeness (QED) is 0.507. The van der Waals surface area contributed by atoms with Gasteiger partial charge in [-0.15, -0.1) is 0 Å². The van der Waals surface area contributed by atoms with Crippen molar-refractivity contribution in [3.8, 4) is 0 Å². The maximum absolute atomic E-state index is 11.6. The predicted molar refractivity (Wildman–Crippen MR) is 74.0 cm³/mol. The Kier molecular flexibility index (Phi) is 7.28. The summed E-state index contributed by atoms with van der Waals surface area (Å²) in [4.78, 5) is 33.1. The molecule has 110 valence electrons. The molecule has 0 aliphatic carbocycles. The Morgan fingerprint density at radius 2 is 1.95 bits per heavy atom. The summed E-state index contributed by atoms with van der Waals surface area (Å²) < 4.78 is -0.136. The van der Waals surface area contributed by atoms with Crippen LogP contribution in [0.2, 0.25) is 0 Å². The van der Waals surface area contributed by atoms with Crippen molar-refractivity contribution in [1.82, 2.24) is 10.6 Å². The van der Waals surface area contributed by atoms with Gasteiger partial charge in [-0.2, -0.15) is 11.8 Å². The number of rotatable bonds is 8. The van der Waals surface area contributed by atoms with Gasteiger partial charge in [0.15, 0.2) is 0 Å². The van der Waals surface area contributed by atoms with Crippen LogP contribution in [0.25, 0.3) is 0 Å². The minimum absolute atomic E-state index is 0.0238. The number of primary amides is 1. The van der Waals surface area contributed by atoms with Gasteiger partial charge in [0, 0.05) is 17.7 Å². The van der Waals surface area contributed by atoms with Crippen molar-refractivity contribution in [2.24, 2.45) is 5.73 Å². The Morgan fingerprint density at radius 3 is 2.37 bits per heavy atom. The van der Waals surface area contributed by atoms with Crippen LogP contribution in [-0.2, 0) is 9.59 Å². The maximum atomic E-state index is 11.6. The highest BCUT2D eigenvalue weighted by Gasteiger charge is 2.22. The largest absolute Gasteiger partial charge is 0.480 e. The van der Waals surface area contributed by atoms with E-state index in [4.69, 9.17) is 10.8 Å². The molecule has 0 heterocycles. The van der Waals surface area contributed by atoms with Gasteiger partial charge in [0.2, 0.25) is 5.91 Å². The highest BCUT2D eigenvalue weighted by molar-refractivity contribution is 7.99. The van der Waals surface area contributed by atoms with Crippen LogP contribution in [0.5, 0.6) is 0 Å². The summed E-state index contributed by atoms with van der Waals surface area (Å²) in [6.45, 7) is 4.32. The lowest BCUT2D eigenvalue weighted by atomic mass is 10.1. The first kappa shape index (κ1) is 17.6. The molecule has 0 aromatic rings. The molecule has 0 aromatic carbocycles. The van der Waals surface area contributed by atoms with Crippen LogP contribution in [0, 0.1) is 0 Å². The average molecular weight is 291 g/mol. The molecule has 0 unspecified atom stereocenters. The number of urea groups is 1. The zero-order valence-corrected chi connectivity index (χ0v) is 12.2. The molecule has 5 N–H and O–H groups in total. The van der Waals surface area contributed by atoms with Crippen molar-refractivity contribution in [2.45, 2.75) is 37.5 Å². The number of carbonyl (C=O) groups is 3. The Balaban J connectivity index is 4.25. The lowest BCUT2D eigenvalue weighted by Crippen LogP contribution is -2.48. The minimum Gasteiger partial charge on any atom is -0.480 e. The number of aliphatic carboxylic acids is 1. The number of amides is 3. The van der Waals surface area contributed by atoms with Crippen LogP contribution in [0.3, 0.4) is 0 Å². The molecule has 0 radical (unpaired) electrons. The van der Waals surface area contributed by atoms with Crippen molar-refractivity contribution < 1.29 is 19.5 Å². The van der Waals surface area contributed by atoms with Crippen molar-refractivity contribution in [2.75, 3.05) is 12.8 Å². The lowest BCUT2D eigenvalue weighted by Gasteiger charge is -2.23. The second kappa shape index (κ2) is 7.88. The second-order valence-electron chi connectivity index (χ2n) is 4.69. The molecule has 19 heavy (non-hydrogen) atoms. The Morgan fingerprint density at radius 1 is 1.37 bits per heavy atom. The third-order valence-electron chi connectivity index (χ3n) is 2.51. The van der Waals surface area contributed by atoms with E-state index in [1.54, 1.807) is 11.8 Å². The van der Waals surface area contributed by atoms with Gasteiger partial charge >= 0.3 is 12.0 Å². The van der Waals surface area contributed by atoms with Gasteiger partial charge in [-0.3, -0.25) is 4.79 Å². The Labute approximate surface area is 116 Å². The minimum atomic E-state index is -1.19. The first-order valence-corrected chi connectivity index (χ1v) is 7.01. The molecule has 1 atom stereocenters. The van der Waals surface area contributed by atoms with Gasteiger partial charge in [0.1, 0.15) is 6.04 Å². The molecular formula is C11H21N3O4S. The van der Waals surface area contributed by atoms with Gasteiger partial charge in [-0.25, -0.2) is 9.59 Å². The zero-order valence-electron chi connectivity index (χ0n) is 11.4. The monoisotopic (exact) mass is 291 g/mol. The standard InChI is InChI=1S/C11H21N3O4S/c1-11(2,19-3)6-13-10(18)14-7(9(16)17)4-5-8(12)15/h7H,4-6H2,1-3H3,(H2,12,15)(H,16,17)(H2,13,14,18)/t7-/m1/s1. The van der Waals surface area contributed by atoms with Crippen LogP contribution < -0.4 is 16.4 Å². The van der Waals surface area contributed by atoms with E-state index in [0.717, 1.165) is 0 Å². The molecular weight excluding hydrogens is 270 g/mol. The van der Waals surface area contributed by atoms with Crippen molar-refractivity contribution in [3.63, 3.8) is 0 Å². The normalized spacial score (nSPS) is 12.6. The number of nitrogens with one attached hydrogen (secondary N) is 2. The van der Waals surface area contributed by atoms with E-state index >= 15 is 0 Å². The summed E-state index contributed by atoms with van der Waals surface area (Å²) in [5.74, 6) is -1.79. The van der Waals surface area contributed by atoms with Crippen LogP contribution in [0.1, 0.15) is 26.7 Å². The Bertz CT molecular complexity index is 347. The highest BCUT2D eigenvalue weighted by atomic mass is 32.2. The van der Waals surface area contributed by atoms with Crippen LogP contribution in [0.4, 0.5) is 4.79 Å². The third-order valence-corrected chi connectivity index (χ3v) is 3.76. The van der Waals surface area contributed by atoms with Gasteiger partial charge in [0.25, 0.3) is 0 Å². The first-order valence-electron chi connectivity index (χ1n) is 5.78. The van der Waals surface area contributed by atoms with E-state index in [1.807, 2.05) is 20.1 Å². The van der Waals surface area contributed by atoms with Crippen molar-refractivity contribution in [3.05, 3.63) is 0 Å². The topological polar surface area (TPSA) is 122 Å². The van der Waals surface area contributed by atoms with E-state index in [0.29, 0.717) is 6.54 Å². The SMILES string of the molecule is CSC(C)(C)CNC(=O)N[C@H](CCC(N)=O)C(=O)O. The smallest absolute Gasteiger partial charge is 0.326 e. The number of hydrogen-bond donors (Lipinski definition) is 4. The fourth-order valence-electron chi connectivity index (χ4n) is 1.12. The molecule has 0 aliphatic heterocycles. The molecule has 3 amide bonds. The molecule has 0 spiro atoms. The van der Waals surface area contributed by atoms with Crippen molar-refractivity contribution in [1.29, 1.82) is 0 Å². The summed E-state index contributed by atoms with van der Waals surface area (Å²) in [5, 5.41) is 13.8. The summed E-state index contributed by atoms with van der Waals surface area (Å²) in [7, 11) is 0. The summed E-state index contributed by atoms with van der Waals surface area (Å²) >= 11 is 1.59. The number of carboxylic acid groups (broad SMARTS) is 1. The van der Waals surface area contributed by atoms with Gasteiger partial charge < -0.3 is 21.5 Å². The van der Waals surface area contributed by atoms with Gasteiger partial charge in [0.05, 0.1) is 0 Å². The molecule has 0 saturated heterocycles. The molecule has 0 rings (SSSR count). The number of nitrogens with two attached hydrogens (primary N) is 1. The zero-order chi connectivity index (χ0) is 15.1. The summed E-state index contributed by atoms with van der Waals surface area (Å²) in [6.07, 6.45) is 1.81. The van der Waals surface area contributed by atoms with E-state index in [9.17, 15) is 14.4 Å². The van der Waals surface area contributed by atoms with Crippen LogP contribution in [0.15, 0.2) is 0 Å². The summed E-state index contributed by atoms with van der Waals surface area (Å²) in [5.41, 5.74) is 4.94. The third kappa shape index (κ3) is 8.30. The molecule has 7 nitrogen and oxygen atoms in total. The highest BCUT2D eigenvalue weighted by Crippen LogP contribution is 2.19. The fourth-order valence-corrected chi connectivity index (χ4v) is 1.34.